The fourth-order valence-corrected chi connectivity index (χ4v) is 2.17. The van der Waals surface area contributed by atoms with Crippen LogP contribution in [0.1, 0.15) is 32.0 Å². The number of benzene rings is 1. The van der Waals surface area contributed by atoms with E-state index in [-0.39, 0.29) is 17.9 Å². The first kappa shape index (κ1) is 18.1. The molecule has 0 unspecified atom stereocenters. The number of aromatic nitrogens is 1. The third-order valence-corrected chi connectivity index (χ3v) is 3.87. The van der Waals surface area contributed by atoms with E-state index >= 15 is 0 Å². The van der Waals surface area contributed by atoms with Crippen LogP contribution in [-0.2, 0) is 10.2 Å². The Kier molecular flexibility index (Phi) is 5.39. The van der Waals surface area contributed by atoms with Gasteiger partial charge in [-0.05, 0) is 18.6 Å². The Bertz CT molecular complexity index is 735. The van der Waals surface area contributed by atoms with Crippen molar-refractivity contribution in [1.82, 2.24) is 5.16 Å². The normalized spacial score (nSPS) is 11.2. The number of hydrogen-bond donors (Lipinski definition) is 2. The lowest BCUT2D eigenvalue weighted by Gasteiger charge is -2.13. The number of carbonyl (C=O) groups excluding carboxylic acids is 1. The Labute approximate surface area is 146 Å². The van der Waals surface area contributed by atoms with Crippen LogP contribution >= 0.6 is 11.6 Å². The smallest absolute Gasteiger partial charge is 0.246 e. The summed E-state index contributed by atoms with van der Waals surface area (Å²) >= 11 is 6.07. The zero-order chi connectivity index (χ0) is 17.9. The molecule has 0 bridgehead atoms. The van der Waals surface area contributed by atoms with Gasteiger partial charge in [-0.3, -0.25) is 10.1 Å². The number of nitrogens with zero attached hydrogens (tertiary/aromatic N) is 1. The Balaban J connectivity index is 1.99. The van der Waals surface area contributed by atoms with Crippen molar-refractivity contribution >= 4 is 29.1 Å². The highest BCUT2D eigenvalue weighted by Crippen LogP contribution is 2.30. The molecule has 0 fully saturated rings. The van der Waals surface area contributed by atoms with Gasteiger partial charge in [0.2, 0.25) is 11.8 Å². The maximum absolute atomic E-state index is 12.1. The largest absolute Gasteiger partial charge is 0.495 e. The van der Waals surface area contributed by atoms with Crippen molar-refractivity contribution in [1.29, 1.82) is 0 Å². The zero-order valence-electron chi connectivity index (χ0n) is 14.5. The summed E-state index contributed by atoms with van der Waals surface area (Å²) in [5, 5.41) is 10.3. The molecule has 0 spiro atoms. The van der Waals surface area contributed by atoms with E-state index in [0.717, 1.165) is 11.3 Å². The molecule has 24 heavy (non-hydrogen) atoms. The number of ether oxygens (including phenoxy) is 1. The van der Waals surface area contributed by atoms with Gasteiger partial charge in [0.05, 0.1) is 25.0 Å². The fraction of sp³-hybridized carbons (Fsp3) is 0.412. The lowest BCUT2D eigenvalue weighted by Crippen LogP contribution is -2.21. The number of anilines is 2. The Hall–Kier alpha value is -2.21. The van der Waals surface area contributed by atoms with Gasteiger partial charge >= 0.3 is 0 Å². The van der Waals surface area contributed by atoms with E-state index in [2.05, 4.69) is 15.8 Å². The van der Waals surface area contributed by atoms with Crippen LogP contribution in [0.25, 0.3) is 0 Å². The summed E-state index contributed by atoms with van der Waals surface area (Å²) < 4.78 is 10.4. The van der Waals surface area contributed by atoms with Crippen LogP contribution < -0.4 is 15.4 Å². The van der Waals surface area contributed by atoms with Gasteiger partial charge in [-0.2, -0.15) is 0 Å². The van der Waals surface area contributed by atoms with Crippen LogP contribution in [0, 0.1) is 6.92 Å². The molecule has 0 aliphatic carbocycles. The summed E-state index contributed by atoms with van der Waals surface area (Å²) in [5.41, 5.74) is 2.23. The summed E-state index contributed by atoms with van der Waals surface area (Å²) in [5.74, 6) is 0.653. The maximum atomic E-state index is 12.1. The molecule has 2 N–H and O–H groups in total. The highest BCUT2D eigenvalue weighted by molar-refractivity contribution is 6.31. The minimum atomic E-state index is -0.249. The highest BCUT2D eigenvalue weighted by atomic mass is 35.5. The number of halogens is 1. The van der Waals surface area contributed by atoms with Crippen LogP contribution in [-0.4, -0.2) is 24.7 Å². The Morgan fingerprint density at radius 1 is 1.33 bits per heavy atom. The summed E-state index contributed by atoms with van der Waals surface area (Å²) in [7, 11) is 1.55. The molecule has 0 saturated carbocycles. The van der Waals surface area contributed by atoms with Crippen LogP contribution in [0.15, 0.2) is 22.7 Å². The van der Waals surface area contributed by atoms with Crippen molar-refractivity contribution < 1.29 is 14.1 Å². The van der Waals surface area contributed by atoms with E-state index in [9.17, 15) is 4.79 Å². The van der Waals surface area contributed by atoms with Gasteiger partial charge in [0.25, 0.3) is 0 Å². The zero-order valence-corrected chi connectivity index (χ0v) is 15.2. The summed E-state index contributed by atoms with van der Waals surface area (Å²) in [4.78, 5) is 12.1. The van der Waals surface area contributed by atoms with Crippen molar-refractivity contribution in [2.24, 2.45) is 0 Å². The van der Waals surface area contributed by atoms with Gasteiger partial charge in [0.15, 0.2) is 0 Å². The summed E-state index contributed by atoms with van der Waals surface area (Å²) in [6, 6.07) is 5.27. The van der Waals surface area contributed by atoms with E-state index in [1.54, 1.807) is 19.2 Å². The second-order valence-corrected chi connectivity index (χ2v) is 6.94. The standard InChI is InChI=1S/C17H22ClN3O3/c1-10-6-12(13(23-5)7-11(10)18)19-9-15(22)20-16-8-14(21-24-16)17(2,3)4/h6-8,19H,9H2,1-5H3,(H,20,22). The molecule has 1 aromatic heterocycles. The predicted octanol–water partition coefficient (Wildman–Crippen LogP) is 3.99. The van der Waals surface area contributed by atoms with E-state index in [4.69, 9.17) is 20.9 Å². The molecule has 1 aromatic carbocycles. The van der Waals surface area contributed by atoms with Crippen molar-refractivity contribution in [3.8, 4) is 5.75 Å². The van der Waals surface area contributed by atoms with Gasteiger partial charge in [-0.25, -0.2) is 0 Å². The van der Waals surface area contributed by atoms with E-state index in [1.165, 1.54) is 0 Å². The monoisotopic (exact) mass is 351 g/mol. The number of aryl methyl sites for hydroxylation is 1. The minimum Gasteiger partial charge on any atom is -0.495 e. The van der Waals surface area contributed by atoms with Gasteiger partial charge < -0.3 is 14.6 Å². The summed E-state index contributed by atoms with van der Waals surface area (Å²) in [6.07, 6.45) is 0. The number of hydrogen-bond acceptors (Lipinski definition) is 5. The molecule has 7 heteroatoms. The molecule has 0 aliphatic rings. The van der Waals surface area contributed by atoms with Crippen molar-refractivity contribution in [3.05, 3.63) is 34.5 Å². The fourth-order valence-electron chi connectivity index (χ4n) is 2.01. The molecule has 0 saturated heterocycles. The van der Waals surface area contributed by atoms with Gasteiger partial charge in [0.1, 0.15) is 5.75 Å². The molecule has 0 atom stereocenters. The highest BCUT2D eigenvalue weighted by Gasteiger charge is 2.19. The summed E-state index contributed by atoms with van der Waals surface area (Å²) in [6.45, 7) is 8.01. The van der Waals surface area contributed by atoms with Gasteiger partial charge in [-0.15, -0.1) is 0 Å². The molecule has 1 amide bonds. The molecule has 1 heterocycles. The molecular weight excluding hydrogens is 330 g/mol. The SMILES string of the molecule is COc1cc(Cl)c(C)cc1NCC(=O)Nc1cc(C(C)(C)C)no1. The molecule has 2 rings (SSSR count). The van der Waals surface area contributed by atoms with Crippen LogP contribution in [0.5, 0.6) is 5.75 Å². The number of carbonyl (C=O) groups is 1. The molecule has 0 aliphatic heterocycles. The van der Waals surface area contributed by atoms with Gasteiger partial charge in [0, 0.05) is 22.6 Å². The van der Waals surface area contributed by atoms with Crippen molar-refractivity contribution in [2.75, 3.05) is 24.3 Å². The number of nitrogens with one attached hydrogen (secondary N) is 2. The first-order valence-electron chi connectivity index (χ1n) is 7.55. The molecular formula is C17H22ClN3O3. The van der Waals surface area contributed by atoms with Crippen molar-refractivity contribution in [2.45, 2.75) is 33.1 Å². The van der Waals surface area contributed by atoms with E-state index < -0.39 is 0 Å². The third kappa shape index (κ3) is 4.41. The number of amides is 1. The quantitative estimate of drug-likeness (QED) is 0.851. The van der Waals surface area contributed by atoms with Crippen LogP contribution in [0.2, 0.25) is 5.02 Å². The van der Waals surface area contributed by atoms with Crippen molar-refractivity contribution in [3.63, 3.8) is 0 Å². The van der Waals surface area contributed by atoms with E-state index in [1.807, 2.05) is 33.8 Å². The lowest BCUT2D eigenvalue weighted by molar-refractivity contribution is -0.114. The molecule has 130 valence electrons. The van der Waals surface area contributed by atoms with Gasteiger partial charge in [-0.1, -0.05) is 37.5 Å². The Morgan fingerprint density at radius 2 is 2.04 bits per heavy atom. The number of methoxy groups -OCH3 is 1. The lowest BCUT2D eigenvalue weighted by atomic mass is 9.92. The maximum Gasteiger partial charge on any atom is 0.246 e. The molecule has 0 radical (unpaired) electrons. The predicted molar refractivity (Wildman–Crippen MR) is 95.1 cm³/mol. The topological polar surface area (TPSA) is 76.4 Å². The Morgan fingerprint density at radius 3 is 2.62 bits per heavy atom. The second-order valence-electron chi connectivity index (χ2n) is 6.53. The third-order valence-electron chi connectivity index (χ3n) is 3.46. The first-order valence-corrected chi connectivity index (χ1v) is 7.93. The first-order chi connectivity index (χ1) is 11.2. The molecule has 6 nitrogen and oxygen atoms in total. The second kappa shape index (κ2) is 7.13. The van der Waals surface area contributed by atoms with Crippen LogP contribution in [0.3, 0.4) is 0 Å². The van der Waals surface area contributed by atoms with E-state index in [0.29, 0.717) is 22.3 Å². The number of rotatable bonds is 5. The average Bonchev–Trinajstić information content (AvgIpc) is 2.96. The van der Waals surface area contributed by atoms with Crippen LogP contribution in [0.4, 0.5) is 11.6 Å². The minimum absolute atomic E-state index is 0.0585. The molecule has 2 aromatic rings. The average molecular weight is 352 g/mol.